The van der Waals surface area contributed by atoms with Crippen molar-refractivity contribution in [3.8, 4) is 11.1 Å². The van der Waals surface area contributed by atoms with Crippen LogP contribution in [0.1, 0.15) is 22.4 Å². The maximum absolute atomic E-state index is 13.8. The number of hydrogen-bond acceptors (Lipinski definition) is 2. The summed E-state index contributed by atoms with van der Waals surface area (Å²) in [6, 6.07) is 13.2. The Morgan fingerprint density at radius 1 is 0.929 bits per heavy atom. The zero-order valence-electron chi connectivity index (χ0n) is 15.1. The molecular formula is C22H17F4NO. The van der Waals surface area contributed by atoms with E-state index < -0.39 is 17.6 Å². The zero-order valence-corrected chi connectivity index (χ0v) is 15.1. The first kappa shape index (κ1) is 19.7. The largest absolute Gasteiger partial charge is 0.416 e. The molecule has 6 heteroatoms. The van der Waals surface area contributed by atoms with Crippen LogP contribution in [-0.2, 0) is 23.8 Å². The highest BCUT2D eigenvalue weighted by Gasteiger charge is 2.31. The van der Waals surface area contributed by atoms with E-state index in [9.17, 15) is 22.4 Å². The molecular weight excluding hydrogens is 370 g/mol. The summed E-state index contributed by atoms with van der Waals surface area (Å²) in [6.45, 7) is 1.89. The van der Waals surface area contributed by atoms with Gasteiger partial charge in [0, 0.05) is 24.7 Å². The fourth-order valence-electron chi connectivity index (χ4n) is 2.93. The number of aryl methyl sites for hydroxylation is 1. The number of carbonyl (C=O) groups is 1. The van der Waals surface area contributed by atoms with Crippen LogP contribution < -0.4 is 0 Å². The molecule has 2 nitrogen and oxygen atoms in total. The van der Waals surface area contributed by atoms with Gasteiger partial charge in [-0.3, -0.25) is 9.78 Å². The minimum Gasteiger partial charge on any atom is -0.299 e. The van der Waals surface area contributed by atoms with Crippen LogP contribution in [0.2, 0.25) is 0 Å². The molecule has 0 aliphatic rings. The third-order valence-corrected chi connectivity index (χ3v) is 4.35. The first-order valence-electron chi connectivity index (χ1n) is 8.61. The van der Waals surface area contributed by atoms with Gasteiger partial charge in [0.2, 0.25) is 0 Å². The number of halogens is 4. The predicted octanol–water partition coefficient (Wildman–Crippen LogP) is 5.57. The number of pyridine rings is 1. The zero-order chi connectivity index (χ0) is 20.3. The van der Waals surface area contributed by atoms with E-state index in [4.69, 9.17) is 0 Å². The molecule has 3 rings (SSSR count). The number of rotatable bonds is 5. The molecule has 0 bridgehead atoms. The van der Waals surface area contributed by atoms with Gasteiger partial charge in [-0.2, -0.15) is 13.2 Å². The third-order valence-electron chi connectivity index (χ3n) is 4.35. The van der Waals surface area contributed by atoms with Crippen molar-refractivity contribution in [2.45, 2.75) is 25.9 Å². The van der Waals surface area contributed by atoms with Crippen LogP contribution in [-0.4, -0.2) is 10.8 Å². The van der Waals surface area contributed by atoms with Crippen molar-refractivity contribution in [3.05, 3.63) is 89.0 Å². The van der Waals surface area contributed by atoms with E-state index in [-0.39, 0.29) is 24.2 Å². The molecule has 0 aliphatic carbocycles. The fourth-order valence-corrected chi connectivity index (χ4v) is 2.93. The van der Waals surface area contributed by atoms with Crippen LogP contribution in [0.4, 0.5) is 17.6 Å². The van der Waals surface area contributed by atoms with Gasteiger partial charge in [-0.15, -0.1) is 0 Å². The van der Waals surface area contributed by atoms with Crippen molar-refractivity contribution < 1.29 is 22.4 Å². The Morgan fingerprint density at radius 3 is 2.29 bits per heavy atom. The lowest BCUT2D eigenvalue weighted by Crippen LogP contribution is -2.11. The van der Waals surface area contributed by atoms with Crippen LogP contribution in [0.15, 0.2) is 60.8 Å². The third kappa shape index (κ3) is 4.82. The predicted molar refractivity (Wildman–Crippen MR) is 98.2 cm³/mol. The van der Waals surface area contributed by atoms with E-state index in [2.05, 4.69) is 4.98 Å². The first-order chi connectivity index (χ1) is 13.2. The number of ketones is 1. The van der Waals surface area contributed by atoms with E-state index in [0.717, 1.165) is 22.9 Å². The molecule has 0 radical (unpaired) electrons. The summed E-state index contributed by atoms with van der Waals surface area (Å²) in [6.07, 6.45) is -3.23. The summed E-state index contributed by atoms with van der Waals surface area (Å²) < 4.78 is 52.1. The maximum atomic E-state index is 13.8. The van der Waals surface area contributed by atoms with Gasteiger partial charge in [0.25, 0.3) is 0 Å². The van der Waals surface area contributed by atoms with Gasteiger partial charge >= 0.3 is 6.18 Å². The molecule has 28 heavy (non-hydrogen) atoms. The van der Waals surface area contributed by atoms with Crippen LogP contribution in [0.25, 0.3) is 11.1 Å². The smallest absolute Gasteiger partial charge is 0.299 e. The second-order valence-electron chi connectivity index (χ2n) is 6.58. The van der Waals surface area contributed by atoms with Crippen molar-refractivity contribution in [2.75, 3.05) is 0 Å². The standard InChI is InChI=1S/C22H17F4NO/c1-14-10-17(8-9-27-14)16-4-2-15(3-5-16)11-20(28)13-18-12-19(22(24,25)26)6-7-21(18)23/h2-10,12H,11,13H2,1H3. The molecule has 0 atom stereocenters. The van der Waals surface area contributed by atoms with E-state index in [0.29, 0.717) is 17.7 Å². The lowest BCUT2D eigenvalue weighted by atomic mass is 9.98. The Bertz CT molecular complexity index is 994. The topological polar surface area (TPSA) is 30.0 Å². The molecule has 0 saturated carbocycles. The Balaban J connectivity index is 1.70. The van der Waals surface area contributed by atoms with Gasteiger partial charge in [-0.25, -0.2) is 4.39 Å². The number of carbonyl (C=O) groups excluding carboxylic acids is 1. The molecule has 0 N–H and O–H groups in total. The van der Waals surface area contributed by atoms with Crippen LogP contribution in [0.5, 0.6) is 0 Å². The highest BCUT2D eigenvalue weighted by molar-refractivity contribution is 5.83. The summed E-state index contributed by atoms with van der Waals surface area (Å²) >= 11 is 0. The minimum atomic E-state index is -4.58. The number of Topliss-reactive ketones (excluding diaryl/α,β-unsaturated/α-hetero) is 1. The highest BCUT2D eigenvalue weighted by atomic mass is 19.4. The Morgan fingerprint density at radius 2 is 1.64 bits per heavy atom. The molecule has 0 spiro atoms. The van der Waals surface area contributed by atoms with Crippen LogP contribution in [0.3, 0.4) is 0 Å². The molecule has 1 aromatic heterocycles. The lowest BCUT2D eigenvalue weighted by Gasteiger charge is -2.10. The van der Waals surface area contributed by atoms with Crippen molar-refractivity contribution in [1.29, 1.82) is 0 Å². The highest BCUT2D eigenvalue weighted by Crippen LogP contribution is 2.30. The Labute approximate surface area is 159 Å². The Hall–Kier alpha value is -3.02. The second kappa shape index (κ2) is 7.92. The van der Waals surface area contributed by atoms with Crippen LogP contribution in [0, 0.1) is 12.7 Å². The van der Waals surface area contributed by atoms with Gasteiger partial charge in [-0.1, -0.05) is 24.3 Å². The number of aromatic nitrogens is 1. The SMILES string of the molecule is Cc1cc(-c2ccc(CC(=O)Cc3cc(C(F)(F)F)ccc3F)cc2)ccn1. The van der Waals surface area contributed by atoms with Crippen molar-refractivity contribution in [1.82, 2.24) is 4.98 Å². The van der Waals surface area contributed by atoms with Gasteiger partial charge in [-0.05, 0) is 59.5 Å². The molecule has 1 heterocycles. The van der Waals surface area contributed by atoms with Gasteiger partial charge in [0.15, 0.2) is 0 Å². The maximum Gasteiger partial charge on any atom is 0.416 e. The summed E-state index contributed by atoms with van der Waals surface area (Å²) in [5, 5.41) is 0. The van der Waals surface area contributed by atoms with Gasteiger partial charge < -0.3 is 0 Å². The number of alkyl halides is 3. The second-order valence-corrected chi connectivity index (χ2v) is 6.58. The molecule has 0 aliphatic heterocycles. The monoisotopic (exact) mass is 387 g/mol. The summed E-state index contributed by atoms with van der Waals surface area (Å²) in [4.78, 5) is 16.4. The van der Waals surface area contributed by atoms with Gasteiger partial charge in [0.05, 0.1) is 5.56 Å². The molecule has 144 valence electrons. The van der Waals surface area contributed by atoms with E-state index in [1.165, 1.54) is 0 Å². The average molecular weight is 387 g/mol. The van der Waals surface area contributed by atoms with E-state index >= 15 is 0 Å². The average Bonchev–Trinajstić information content (AvgIpc) is 2.63. The van der Waals surface area contributed by atoms with Gasteiger partial charge in [0.1, 0.15) is 11.6 Å². The number of nitrogens with zero attached hydrogens (tertiary/aromatic N) is 1. The summed E-state index contributed by atoms with van der Waals surface area (Å²) in [5.41, 5.74) is 2.35. The fraction of sp³-hybridized carbons (Fsp3) is 0.182. The normalized spacial score (nSPS) is 11.5. The molecule has 3 aromatic rings. The van der Waals surface area contributed by atoms with Crippen LogP contribution >= 0.6 is 0 Å². The molecule has 0 saturated heterocycles. The summed E-state index contributed by atoms with van der Waals surface area (Å²) in [5.74, 6) is -1.17. The van der Waals surface area contributed by atoms with Crippen molar-refractivity contribution in [2.24, 2.45) is 0 Å². The minimum absolute atomic E-state index is 0.0192. The lowest BCUT2D eigenvalue weighted by molar-refractivity contribution is -0.137. The molecule has 2 aromatic carbocycles. The van der Waals surface area contributed by atoms with Crippen molar-refractivity contribution in [3.63, 3.8) is 0 Å². The Kier molecular flexibility index (Phi) is 5.58. The number of hydrogen-bond donors (Lipinski definition) is 0. The number of benzene rings is 2. The molecule has 0 unspecified atom stereocenters. The first-order valence-corrected chi connectivity index (χ1v) is 8.61. The quantitative estimate of drug-likeness (QED) is 0.536. The molecule has 0 amide bonds. The van der Waals surface area contributed by atoms with Crippen molar-refractivity contribution >= 4 is 5.78 Å². The summed E-state index contributed by atoms with van der Waals surface area (Å²) in [7, 11) is 0. The van der Waals surface area contributed by atoms with E-state index in [1.54, 1.807) is 18.3 Å². The molecule has 0 fully saturated rings. The van der Waals surface area contributed by atoms with E-state index in [1.807, 2.05) is 31.2 Å².